The van der Waals surface area contributed by atoms with Gasteiger partial charge in [-0.1, -0.05) is 39.7 Å². The van der Waals surface area contributed by atoms with Gasteiger partial charge in [0.2, 0.25) is 0 Å². The molecule has 0 radical (unpaired) electrons. The maximum Gasteiger partial charge on any atom is 0.123 e. The molecule has 1 nitrogen and oxygen atoms in total. The molecule has 0 amide bonds. The summed E-state index contributed by atoms with van der Waals surface area (Å²) in [5.41, 5.74) is 2.17. The molecule has 4 heteroatoms. The van der Waals surface area contributed by atoms with Gasteiger partial charge < -0.3 is 5.32 Å². The SMILES string of the molecule is Fc1cccc(C2CNCCC2c2cc(Br)ccc2Cl)c1. The number of nitrogens with one attached hydrogen (secondary N) is 1. The molecule has 1 aliphatic heterocycles. The number of piperidine rings is 1. The lowest BCUT2D eigenvalue weighted by Crippen LogP contribution is -2.34. The molecule has 1 aliphatic rings. The summed E-state index contributed by atoms with van der Waals surface area (Å²) in [6.45, 7) is 1.80. The average Bonchev–Trinajstić information content (AvgIpc) is 2.50. The molecule has 1 heterocycles. The maximum atomic E-state index is 13.5. The molecule has 0 aromatic heterocycles. The summed E-state index contributed by atoms with van der Waals surface area (Å²) in [4.78, 5) is 0. The highest BCUT2D eigenvalue weighted by Crippen LogP contribution is 2.41. The van der Waals surface area contributed by atoms with Crippen molar-refractivity contribution in [3.05, 3.63) is 68.9 Å². The van der Waals surface area contributed by atoms with Crippen LogP contribution in [0.3, 0.4) is 0 Å². The molecule has 2 aromatic rings. The van der Waals surface area contributed by atoms with E-state index >= 15 is 0 Å². The van der Waals surface area contributed by atoms with E-state index in [-0.39, 0.29) is 11.7 Å². The predicted molar refractivity (Wildman–Crippen MR) is 88.5 cm³/mol. The Kier molecular flexibility index (Phi) is 4.63. The minimum absolute atomic E-state index is 0.183. The van der Waals surface area contributed by atoms with Crippen LogP contribution in [-0.4, -0.2) is 13.1 Å². The van der Waals surface area contributed by atoms with Gasteiger partial charge in [-0.25, -0.2) is 4.39 Å². The van der Waals surface area contributed by atoms with E-state index in [0.717, 1.165) is 40.1 Å². The van der Waals surface area contributed by atoms with Gasteiger partial charge in [-0.2, -0.15) is 0 Å². The van der Waals surface area contributed by atoms with Crippen molar-refractivity contribution in [1.82, 2.24) is 5.32 Å². The van der Waals surface area contributed by atoms with E-state index in [0.29, 0.717) is 5.92 Å². The second kappa shape index (κ2) is 6.47. The van der Waals surface area contributed by atoms with Crippen LogP contribution in [0.25, 0.3) is 0 Å². The Morgan fingerprint density at radius 1 is 1.14 bits per heavy atom. The molecule has 0 saturated carbocycles. The number of halogens is 3. The molecule has 1 saturated heterocycles. The molecule has 1 N–H and O–H groups in total. The van der Waals surface area contributed by atoms with Crippen LogP contribution in [0.5, 0.6) is 0 Å². The Hall–Kier alpha value is -0.900. The van der Waals surface area contributed by atoms with Gasteiger partial charge in [-0.05, 0) is 60.3 Å². The summed E-state index contributed by atoms with van der Waals surface area (Å²) in [6, 6.07) is 12.9. The second-order valence-electron chi connectivity index (χ2n) is 5.43. The molecular weight excluding hydrogens is 353 g/mol. The van der Waals surface area contributed by atoms with Crippen molar-refractivity contribution >= 4 is 27.5 Å². The first-order valence-electron chi connectivity index (χ1n) is 7.06. The standard InChI is InChI=1S/C17H16BrClFN/c18-12-4-5-17(19)15(9-12)14-6-7-21-10-16(14)11-2-1-3-13(20)8-11/h1-5,8-9,14,16,21H,6-7,10H2. The van der Waals surface area contributed by atoms with Gasteiger partial charge in [0, 0.05) is 22.0 Å². The second-order valence-corrected chi connectivity index (χ2v) is 6.75. The fraction of sp³-hybridized carbons (Fsp3) is 0.294. The molecule has 0 spiro atoms. The molecule has 3 rings (SSSR count). The van der Waals surface area contributed by atoms with Crippen LogP contribution in [0, 0.1) is 5.82 Å². The summed E-state index contributed by atoms with van der Waals surface area (Å²) < 4.78 is 14.6. The lowest BCUT2D eigenvalue weighted by molar-refractivity contribution is 0.403. The summed E-state index contributed by atoms with van der Waals surface area (Å²) in [5.74, 6) is 0.358. The van der Waals surface area contributed by atoms with Crippen molar-refractivity contribution in [2.24, 2.45) is 0 Å². The molecule has 0 aliphatic carbocycles. The lowest BCUT2D eigenvalue weighted by atomic mass is 9.77. The van der Waals surface area contributed by atoms with Crippen LogP contribution in [0.15, 0.2) is 46.9 Å². The Morgan fingerprint density at radius 3 is 2.81 bits per heavy atom. The maximum absolute atomic E-state index is 13.5. The highest BCUT2D eigenvalue weighted by molar-refractivity contribution is 9.10. The quantitative estimate of drug-likeness (QED) is 0.777. The summed E-state index contributed by atoms with van der Waals surface area (Å²) in [5, 5.41) is 4.19. The number of hydrogen-bond donors (Lipinski definition) is 1. The lowest BCUT2D eigenvalue weighted by Gasteiger charge is -2.33. The topological polar surface area (TPSA) is 12.0 Å². The van der Waals surface area contributed by atoms with Gasteiger partial charge in [-0.15, -0.1) is 0 Å². The average molecular weight is 369 g/mol. The van der Waals surface area contributed by atoms with Gasteiger partial charge in [0.1, 0.15) is 5.82 Å². The first-order valence-corrected chi connectivity index (χ1v) is 8.23. The summed E-state index contributed by atoms with van der Waals surface area (Å²) in [7, 11) is 0. The van der Waals surface area contributed by atoms with E-state index in [4.69, 9.17) is 11.6 Å². The molecule has 1 fully saturated rings. The van der Waals surface area contributed by atoms with Crippen LogP contribution < -0.4 is 5.32 Å². The van der Waals surface area contributed by atoms with Crippen molar-refractivity contribution < 1.29 is 4.39 Å². The molecule has 2 aromatic carbocycles. The summed E-state index contributed by atoms with van der Waals surface area (Å²) in [6.07, 6.45) is 0.997. The third-order valence-corrected chi connectivity index (χ3v) is 4.95. The van der Waals surface area contributed by atoms with Gasteiger partial charge >= 0.3 is 0 Å². The first-order chi connectivity index (χ1) is 10.1. The van der Waals surface area contributed by atoms with Crippen LogP contribution in [-0.2, 0) is 0 Å². The van der Waals surface area contributed by atoms with E-state index in [9.17, 15) is 4.39 Å². The van der Waals surface area contributed by atoms with Gasteiger partial charge in [0.15, 0.2) is 0 Å². The minimum atomic E-state index is -0.183. The fourth-order valence-electron chi connectivity index (χ4n) is 3.12. The third-order valence-electron chi connectivity index (χ3n) is 4.12. The highest BCUT2D eigenvalue weighted by atomic mass is 79.9. The Morgan fingerprint density at radius 2 is 2.00 bits per heavy atom. The van der Waals surface area contributed by atoms with Gasteiger partial charge in [0.25, 0.3) is 0 Å². The highest BCUT2D eigenvalue weighted by Gasteiger charge is 2.29. The molecule has 2 unspecified atom stereocenters. The Labute approximate surface area is 137 Å². The number of benzene rings is 2. The van der Waals surface area contributed by atoms with Gasteiger partial charge in [-0.3, -0.25) is 0 Å². The largest absolute Gasteiger partial charge is 0.316 e. The summed E-state index contributed by atoms with van der Waals surface area (Å²) >= 11 is 9.91. The number of hydrogen-bond acceptors (Lipinski definition) is 1. The van der Waals surface area contributed by atoms with Crippen LogP contribution in [0.2, 0.25) is 5.02 Å². The van der Waals surface area contributed by atoms with E-state index < -0.39 is 0 Å². The van der Waals surface area contributed by atoms with Gasteiger partial charge in [0.05, 0.1) is 0 Å². The van der Waals surface area contributed by atoms with Crippen LogP contribution in [0.1, 0.15) is 29.4 Å². The molecule has 110 valence electrons. The van der Waals surface area contributed by atoms with Crippen molar-refractivity contribution in [2.45, 2.75) is 18.3 Å². The first kappa shape index (κ1) is 15.0. The van der Waals surface area contributed by atoms with E-state index in [2.05, 4.69) is 27.3 Å². The van der Waals surface area contributed by atoms with E-state index in [1.165, 1.54) is 6.07 Å². The van der Waals surface area contributed by atoms with Crippen LogP contribution in [0.4, 0.5) is 4.39 Å². The normalized spacial score (nSPS) is 22.2. The van der Waals surface area contributed by atoms with Crippen LogP contribution >= 0.6 is 27.5 Å². The van der Waals surface area contributed by atoms with Crippen molar-refractivity contribution in [1.29, 1.82) is 0 Å². The number of rotatable bonds is 2. The van der Waals surface area contributed by atoms with E-state index in [1.54, 1.807) is 12.1 Å². The van der Waals surface area contributed by atoms with Crippen molar-refractivity contribution in [2.75, 3.05) is 13.1 Å². The molecular formula is C17H16BrClFN. The molecule has 0 bridgehead atoms. The third kappa shape index (κ3) is 3.31. The zero-order valence-corrected chi connectivity index (χ0v) is 13.8. The predicted octanol–water partition coefficient (Wildman–Crippen LogP) is 5.10. The van der Waals surface area contributed by atoms with Crippen molar-refractivity contribution in [3.63, 3.8) is 0 Å². The molecule has 2 atom stereocenters. The van der Waals surface area contributed by atoms with E-state index in [1.807, 2.05) is 18.2 Å². The zero-order chi connectivity index (χ0) is 14.8. The van der Waals surface area contributed by atoms with Crippen molar-refractivity contribution in [3.8, 4) is 0 Å². The Bertz CT molecular complexity index is 646. The monoisotopic (exact) mass is 367 g/mol. The fourth-order valence-corrected chi connectivity index (χ4v) is 3.75. The Balaban J connectivity index is 2.00. The smallest absolute Gasteiger partial charge is 0.123 e. The molecule has 21 heavy (non-hydrogen) atoms. The minimum Gasteiger partial charge on any atom is -0.316 e. The zero-order valence-electron chi connectivity index (χ0n) is 11.5.